The molecule has 21 heavy (non-hydrogen) atoms. The topological polar surface area (TPSA) is 51.2 Å². The van der Waals surface area contributed by atoms with Crippen LogP contribution < -0.4 is 5.32 Å². The van der Waals surface area contributed by atoms with E-state index in [1.165, 1.54) is 11.3 Å². The Kier molecular flexibility index (Phi) is 4.63. The summed E-state index contributed by atoms with van der Waals surface area (Å²) in [5, 5.41) is 3.97. The Balaban J connectivity index is 2.19. The van der Waals surface area contributed by atoms with E-state index in [-0.39, 0.29) is 11.4 Å². The van der Waals surface area contributed by atoms with E-state index < -0.39 is 0 Å². The van der Waals surface area contributed by atoms with Crippen molar-refractivity contribution >= 4 is 22.4 Å². The smallest absolute Gasteiger partial charge is 0.350 e. The molecule has 0 radical (unpaired) electrons. The molecule has 1 aliphatic rings. The molecule has 0 amide bonds. The maximum atomic E-state index is 11.8. The number of allylic oxidation sites excluding steroid dienone is 5. The lowest BCUT2D eigenvalue weighted by Gasteiger charge is -2.15. The first-order valence-corrected chi connectivity index (χ1v) is 7.73. The molecule has 0 atom stereocenters. The highest BCUT2D eigenvalue weighted by Crippen LogP contribution is 2.28. The molecule has 0 spiro atoms. The number of nitrogens with one attached hydrogen (secondary N) is 1. The van der Waals surface area contributed by atoms with Gasteiger partial charge in [-0.25, -0.2) is 9.78 Å². The second-order valence-corrected chi connectivity index (χ2v) is 6.42. The highest BCUT2D eigenvalue weighted by atomic mass is 32.1. The van der Waals surface area contributed by atoms with Gasteiger partial charge in [-0.05, 0) is 19.9 Å². The van der Waals surface area contributed by atoms with Crippen LogP contribution in [-0.2, 0) is 4.74 Å². The zero-order valence-corrected chi connectivity index (χ0v) is 13.6. The quantitative estimate of drug-likeness (QED) is 0.852. The van der Waals surface area contributed by atoms with Crippen LogP contribution in [-0.4, -0.2) is 17.6 Å². The number of esters is 1. The molecule has 1 aromatic rings. The van der Waals surface area contributed by atoms with Gasteiger partial charge in [0.25, 0.3) is 0 Å². The number of rotatable bonds is 4. The van der Waals surface area contributed by atoms with Crippen molar-refractivity contribution in [2.75, 3.05) is 11.9 Å². The SMILES string of the molecule is CCOC(=O)c1sc(NC2=CC(C)(C)C=CC=C2)nc1C. The number of hydrogen-bond donors (Lipinski definition) is 1. The number of thiazole rings is 1. The van der Waals surface area contributed by atoms with Gasteiger partial charge in [0.2, 0.25) is 0 Å². The molecule has 0 saturated heterocycles. The minimum Gasteiger partial charge on any atom is -0.462 e. The summed E-state index contributed by atoms with van der Waals surface area (Å²) in [6.45, 7) is 8.25. The van der Waals surface area contributed by atoms with E-state index in [4.69, 9.17) is 4.74 Å². The van der Waals surface area contributed by atoms with Crippen LogP contribution >= 0.6 is 11.3 Å². The molecule has 4 nitrogen and oxygen atoms in total. The Morgan fingerprint density at radius 1 is 1.43 bits per heavy atom. The Bertz CT molecular complexity index is 624. The van der Waals surface area contributed by atoms with Crippen molar-refractivity contribution in [1.82, 2.24) is 4.98 Å². The van der Waals surface area contributed by atoms with Crippen molar-refractivity contribution < 1.29 is 9.53 Å². The molecular formula is C16H20N2O2S. The molecule has 1 heterocycles. The van der Waals surface area contributed by atoms with Gasteiger partial charge in [-0.3, -0.25) is 0 Å². The largest absolute Gasteiger partial charge is 0.462 e. The van der Waals surface area contributed by atoms with E-state index in [0.717, 1.165) is 5.70 Å². The number of hydrogen-bond acceptors (Lipinski definition) is 5. The summed E-state index contributed by atoms with van der Waals surface area (Å²) in [5.41, 5.74) is 1.63. The first-order chi connectivity index (χ1) is 9.91. The summed E-state index contributed by atoms with van der Waals surface area (Å²) in [5.74, 6) is -0.312. The molecular weight excluding hydrogens is 284 g/mol. The summed E-state index contributed by atoms with van der Waals surface area (Å²) < 4.78 is 5.03. The number of aryl methyl sites for hydroxylation is 1. The first-order valence-electron chi connectivity index (χ1n) is 6.91. The maximum absolute atomic E-state index is 11.8. The van der Waals surface area contributed by atoms with Crippen molar-refractivity contribution in [2.45, 2.75) is 27.7 Å². The highest BCUT2D eigenvalue weighted by Gasteiger charge is 2.18. The van der Waals surface area contributed by atoms with Crippen LogP contribution in [0.4, 0.5) is 5.13 Å². The van der Waals surface area contributed by atoms with Crippen LogP contribution in [0.1, 0.15) is 36.1 Å². The fourth-order valence-corrected chi connectivity index (χ4v) is 2.88. The Morgan fingerprint density at radius 3 is 2.90 bits per heavy atom. The molecule has 0 saturated carbocycles. The molecule has 0 unspecified atom stereocenters. The van der Waals surface area contributed by atoms with E-state index in [9.17, 15) is 4.79 Å². The number of carbonyl (C=O) groups is 1. The second-order valence-electron chi connectivity index (χ2n) is 5.42. The summed E-state index contributed by atoms with van der Waals surface area (Å²) >= 11 is 1.32. The molecule has 1 aromatic heterocycles. The van der Waals surface area contributed by atoms with Crippen molar-refractivity contribution in [1.29, 1.82) is 0 Å². The third kappa shape index (κ3) is 4.04. The predicted molar refractivity (Wildman–Crippen MR) is 86.6 cm³/mol. The fraction of sp³-hybridized carbons (Fsp3) is 0.375. The van der Waals surface area contributed by atoms with Gasteiger partial charge in [-0.1, -0.05) is 49.5 Å². The first kappa shape index (κ1) is 15.5. The average Bonchev–Trinajstić information content (AvgIpc) is 2.65. The van der Waals surface area contributed by atoms with Crippen LogP contribution in [0, 0.1) is 12.3 Å². The summed E-state index contributed by atoms with van der Waals surface area (Å²) in [6.07, 6.45) is 10.3. The Labute approximate surface area is 129 Å². The number of anilines is 1. The molecule has 112 valence electrons. The van der Waals surface area contributed by atoms with E-state index >= 15 is 0 Å². The minimum atomic E-state index is -0.312. The summed E-state index contributed by atoms with van der Waals surface area (Å²) in [4.78, 5) is 16.8. The summed E-state index contributed by atoms with van der Waals surface area (Å²) in [6, 6.07) is 0. The number of nitrogens with zero attached hydrogens (tertiary/aromatic N) is 1. The van der Waals surface area contributed by atoms with Crippen molar-refractivity contribution in [3.63, 3.8) is 0 Å². The van der Waals surface area contributed by atoms with Gasteiger partial charge in [0, 0.05) is 11.1 Å². The molecule has 2 rings (SSSR count). The lowest BCUT2D eigenvalue weighted by molar-refractivity contribution is 0.0531. The van der Waals surface area contributed by atoms with E-state index in [0.29, 0.717) is 22.3 Å². The van der Waals surface area contributed by atoms with Crippen molar-refractivity contribution in [2.24, 2.45) is 5.41 Å². The molecule has 0 aliphatic heterocycles. The van der Waals surface area contributed by atoms with E-state index in [2.05, 4.69) is 36.3 Å². The molecule has 0 fully saturated rings. The third-order valence-electron chi connectivity index (χ3n) is 2.95. The normalized spacial score (nSPS) is 16.3. The van der Waals surface area contributed by atoms with Gasteiger partial charge in [0.05, 0.1) is 12.3 Å². The number of aromatic nitrogens is 1. The van der Waals surface area contributed by atoms with Crippen LogP contribution in [0.5, 0.6) is 0 Å². The maximum Gasteiger partial charge on any atom is 0.350 e. The fourth-order valence-electron chi connectivity index (χ4n) is 2.00. The molecule has 0 bridgehead atoms. The number of carbonyl (C=O) groups excluding carboxylic acids is 1. The van der Waals surface area contributed by atoms with Gasteiger partial charge in [-0.15, -0.1) is 0 Å². The van der Waals surface area contributed by atoms with Gasteiger partial charge in [0.1, 0.15) is 4.88 Å². The molecule has 5 heteroatoms. The van der Waals surface area contributed by atoms with Crippen molar-refractivity contribution in [3.05, 3.63) is 46.6 Å². The monoisotopic (exact) mass is 304 g/mol. The standard InChI is InChI=1S/C16H20N2O2S/c1-5-20-14(19)13-11(2)17-15(21-13)18-12-8-6-7-9-16(3,4)10-12/h6-10H,5H2,1-4H3,(H,17,18). The molecule has 0 aromatic carbocycles. The highest BCUT2D eigenvalue weighted by molar-refractivity contribution is 7.17. The average molecular weight is 304 g/mol. The van der Waals surface area contributed by atoms with Crippen LogP contribution in [0.3, 0.4) is 0 Å². The second kappa shape index (κ2) is 6.26. The van der Waals surface area contributed by atoms with Gasteiger partial charge < -0.3 is 10.1 Å². The van der Waals surface area contributed by atoms with Gasteiger partial charge in [0.15, 0.2) is 5.13 Å². The lowest BCUT2D eigenvalue weighted by atomic mass is 9.92. The predicted octanol–water partition coefficient (Wildman–Crippen LogP) is 4.08. The minimum absolute atomic E-state index is 0.0257. The van der Waals surface area contributed by atoms with Gasteiger partial charge >= 0.3 is 5.97 Å². The van der Waals surface area contributed by atoms with Crippen LogP contribution in [0.15, 0.2) is 36.1 Å². The zero-order valence-electron chi connectivity index (χ0n) is 12.8. The van der Waals surface area contributed by atoms with Gasteiger partial charge in [-0.2, -0.15) is 0 Å². The van der Waals surface area contributed by atoms with Crippen LogP contribution in [0.25, 0.3) is 0 Å². The van der Waals surface area contributed by atoms with E-state index in [1.807, 2.05) is 25.2 Å². The van der Waals surface area contributed by atoms with Crippen molar-refractivity contribution in [3.8, 4) is 0 Å². The molecule has 1 aliphatic carbocycles. The summed E-state index contributed by atoms with van der Waals surface area (Å²) in [7, 11) is 0. The zero-order chi connectivity index (χ0) is 15.5. The number of ether oxygens (including phenoxy) is 1. The van der Waals surface area contributed by atoms with E-state index in [1.54, 1.807) is 6.92 Å². The molecule has 1 N–H and O–H groups in total. The Morgan fingerprint density at radius 2 is 2.19 bits per heavy atom. The third-order valence-corrected chi connectivity index (χ3v) is 4.00. The lowest BCUT2D eigenvalue weighted by Crippen LogP contribution is -2.06. The Hall–Kier alpha value is -1.88. The van der Waals surface area contributed by atoms with Crippen LogP contribution in [0.2, 0.25) is 0 Å².